The summed E-state index contributed by atoms with van der Waals surface area (Å²) < 4.78 is 4.11. The highest BCUT2D eigenvalue weighted by molar-refractivity contribution is 7.09. The van der Waals surface area contributed by atoms with Crippen LogP contribution in [0.3, 0.4) is 0 Å². The number of anilines is 1. The van der Waals surface area contributed by atoms with Gasteiger partial charge in [-0.05, 0) is 24.1 Å². The fourth-order valence-corrected chi connectivity index (χ4v) is 2.44. The van der Waals surface area contributed by atoms with Gasteiger partial charge >= 0.3 is 0 Å². The third-order valence-corrected chi connectivity index (χ3v) is 3.43. The number of hydrogen-bond acceptors (Lipinski definition) is 4. The Morgan fingerprint density at radius 1 is 1.19 bits per heavy atom. The summed E-state index contributed by atoms with van der Waals surface area (Å²) in [6, 6.07) is 5.48. The fourth-order valence-electron chi connectivity index (χ4n) is 1.38. The molecular weight excluding hydrogens is 265 g/mol. The smallest absolute Gasteiger partial charge is 0.199 e. The predicted octanol–water partition coefficient (Wildman–Crippen LogP) is 3.21. The van der Waals surface area contributed by atoms with Crippen molar-refractivity contribution in [1.82, 2.24) is 9.36 Å². The molecule has 0 spiro atoms. The summed E-state index contributed by atoms with van der Waals surface area (Å²) in [6.07, 6.45) is 1.41. The van der Waals surface area contributed by atoms with Crippen LogP contribution < -0.4 is 5.73 Å². The van der Waals surface area contributed by atoms with Crippen molar-refractivity contribution < 1.29 is 0 Å². The Morgan fingerprint density at radius 3 is 2.44 bits per heavy atom. The quantitative estimate of drug-likeness (QED) is 0.935. The van der Waals surface area contributed by atoms with Crippen LogP contribution in [-0.4, -0.2) is 9.36 Å². The molecule has 2 aromatic rings. The molecule has 6 heteroatoms. The number of nitrogen functional groups attached to an aromatic ring is 1. The summed E-state index contributed by atoms with van der Waals surface area (Å²) >= 11 is 13.3. The van der Waals surface area contributed by atoms with Gasteiger partial charge in [-0.2, -0.15) is 4.37 Å². The lowest BCUT2D eigenvalue weighted by Gasteiger charge is -2.04. The summed E-state index contributed by atoms with van der Waals surface area (Å²) in [5.74, 6) is 0.735. The van der Waals surface area contributed by atoms with Crippen LogP contribution in [0.15, 0.2) is 18.2 Å². The molecule has 0 amide bonds. The SMILES string of the molecule is Nc1nc(CCc2c(Cl)cccc2Cl)ns1. The van der Waals surface area contributed by atoms with Crippen LogP contribution in [-0.2, 0) is 12.8 Å². The van der Waals surface area contributed by atoms with E-state index in [-0.39, 0.29) is 0 Å². The predicted molar refractivity (Wildman–Crippen MR) is 68.2 cm³/mol. The number of halogens is 2. The average molecular weight is 274 g/mol. The van der Waals surface area contributed by atoms with Gasteiger partial charge in [-0.1, -0.05) is 29.3 Å². The van der Waals surface area contributed by atoms with E-state index in [1.54, 1.807) is 0 Å². The van der Waals surface area contributed by atoms with Gasteiger partial charge in [0.05, 0.1) is 0 Å². The minimum absolute atomic E-state index is 0.486. The van der Waals surface area contributed by atoms with Gasteiger partial charge in [0, 0.05) is 28.0 Å². The second-order valence-electron chi connectivity index (χ2n) is 3.25. The zero-order chi connectivity index (χ0) is 11.5. The van der Waals surface area contributed by atoms with Gasteiger partial charge < -0.3 is 5.73 Å². The molecule has 16 heavy (non-hydrogen) atoms. The van der Waals surface area contributed by atoms with Crippen molar-refractivity contribution in [2.24, 2.45) is 0 Å². The first-order valence-electron chi connectivity index (χ1n) is 4.68. The monoisotopic (exact) mass is 273 g/mol. The Morgan fingerprint density at radius 2 is 1.88 bits per heavy atom. The molecule has 0 aliphatic carbocycles. The Balaban J connectivity index is 2.10. The first kappa shape index (κ1) is 11.6. The fraction of sp³-hybridized carbons (Fsp3) is 0.200. The molecule has 0 fully saturated rings. The van der Waals surface area contributed by atoms with E-state index in [9.17, 15) is 0 Å². The van der Waals surface area contributed by atoms with E-state index in [0.29, 0.717) is 28.0 Å². The molecule has 0 saturated carbocycles. The van der Waals surface area contributed by atoms with Gasteiger partial charge in [-0.15, -0.1) is 0 Å². The molecule has 3 nitrogen and oxygen atoms in total. The minimum atomic E-state index is 0.486. The molecule has 0 aliphatic rings. The van der Waals surface area contributed by atoms with Gasteiger partial charge in [0.2, 0.25) is 0 Å². The molecule has 0 radical (unpaired) electrons. The normalized spacial score (nSPS) is 10.6. The molecule has 0 atom stereocenters. The van der Waals surface area contributed by atoms with Crippen LogP contribution in [0, 0.1) is 0 Å². The maximum Gasteiger partial charge on any atom is 0.199 e. The van der Waals surface area contributed by atoms with E-state index in [4.69, 9.17) is 28.9 Å². The third kappa shape index (κ3) is 2.64. The zero-order valence-electron chi connectivity index (χ0n) is 8.28. The number of aryl methyl sites for hydroxylation is 1. The number of rotatable bonds is 3. The second kappa shape index (κ2) is 4.99. The molecule has 1 aromatic heterocycles. The van der Waals surface area contributed by atoms with E-state index in [0.717, 1.165) is 11.4 Å². The standard InChI is InChI=1S/C10H9Cl2N3S/c11-7-2-1-3-8(12)6(7)4-5-9-14-10(13)16-15-9/h1-3H,4-5H2,(H2,13,14,15). The maximum absolute atomic E-state index is 6.05. The number of aromatic nitrogens is 2. The maximum atomic E-state index is 6.05. The lowest BCUT2D eigenvalue weighted by Crippen LogP contribution is -1.95. The average Bonchev–Trinajstić information content (AvgIpc) is 2.63. The highest BCUT2D eigenvalue weighted by atomic mass is 35.5. The van der Waals surface area contributed by atoms with Crippen molar-refractivity contribution in [3.8, 4) is 0 Å². The van der Waals surface area contributed by atoms with Crippen LogP contribution in [0.5, 0.6) is 0 Å². The number of nitrogens with two attached hydrogens (primary N) is 1. The Kier molecular flexibility index (Phi) is 3.63. The van der Waals surface area contributed by atoms with E-state index in [1.165, 1.54) is 11.5 Å². The van der Waals surface area contributed by atoms with Crippen molar-refractivity contribution in [3.63, 3.8) is 0 Å². The minimum Gasteiger partial charge on any atom is -0.374 e. The summed E-state index contributed by atoms with van der Waals surface area (Å²) in [6.45, 7) is 0. The van der Waals surface area contributed by atoms with Gasteiger partial charge in [-0.3, -0.25) is 0 Å². The number of hydrogen-bond donors (Lipinski definition) is 1. The molecule has 1 aromatic carbocycles. The largest absolute Gasteiger partial charge is 0.374 e. The van der Waals surface area contributed by atoms with Crippen molar-refractivity contribution in [2.75, 3.05) is 5.73 Å². The first-order valence-corrected chi connectivity index (χ1v) is 6.20. The Bertz CT molecular complexity index is 478. The van der Waals surface area contributed by atoms with Crippen LogP contribution >= 0.6 is 34.7 Å². The molecule has 1 heterocycles. The summed E-state index contributed by atoms with van der Waals surface area (Å²) in [4.78, 5) is 4.08. The molecule has 0 aliphatic heterocycles. The van der Waals surface area contributed by atoms with Gasteiger partial charge in [0.1, 0.15) is 5.82 Å². The highest BCUT2D eigenvalue weighted by Crippen LogP contribution is 2.25. The van der Waals surface area contributed by atoms with Crippen molar-refractivity contribution >= 4 is 39.9 Å². The molecule has 84 valence electrons. The van der Waals surface area contributed by atoms with Crippen LogP contribution in [0.4, 0.5) is 5.13 Å². The molecule has 2 rings (SSSR count). The van der Waals surface area contributed by atoms with E-state index in [1.807, 2.05) is 18.2 Å². The molecule has 0 saturated heterocycles. The summed E-state index contributed by atoms with van der Waals surface area (Å²) in [5, 5.41) is 1.84. The van der Waals surface area contributed by atoms with Crippen molar-refractivity contribution in [3.05, 3.63) is 39.6 Å². The topological polar surface area (TPSA) is 51.8 Å². The Labute approximate surface area is 107 Å². The van der Waals surface area contributed by atoms with E-state index < -0.39 is 0 Å². The second-order valence-corrected chi connectivity index (χ2v) is 4.85. The van der Waals surface area contributed by atoms with Gasteiger partial charge in [0.25, 0.3) is 0 Å². The molecule has 0 unspecified atom stereocenters. The lowest BCUT2D eigenvalue weighted by atomic mass is 10.1. The Hall–Kier alpha value is -0.840. The van der Waals surface area contributed by atoms with Crippen LogP contribution in [0.2, 0.25) is 10.0 Å². The van der Waals surface area contributed by atoms with E-state index in [2.05, 4.69) is 9.36 Å². The van der Waals surface area contributed by atoms with Crippen molar-refractivity contribution in [1.29, 1.82) is 0 Å². The van der Waals surface area contributed by atoms with Gasteiger partial charge in [0.15, 0.2) is 5.13 Å². The summed E-state index contributed by atoms with van der Waals surface area (Å²) in [5.41, 5.74) is 6.43. The van der Waals surface area contributed by atoms with Crippen molar-refractivity contribution in [2.45, 2.75) is 12.8 Å². The van der Waals surface area contributed by atoms with Gasteiger partial charge in [-0.25, -0.2) is 4.98 Å². The number of benzene rings is 1. The number of nitrogens with zero attached hydrogens (tertiary/aromatic N) is 2. The third-order valence-electron chi connectivity index (χ3n) is 2.14. The molecule has 0 bridgehead atoms. The van der Waals surface area contributed by atoms with Crippen LogP contribution in [0.1, 0.15) is 11.4 Å². The molecular formula is C10H9Cl2N3S. The first-order chi connectivity index (χ1) is 7.66. The highest BCUT2D eigenvalue weighted by Gasteiger charge is 2.07. The van der Waals surface area contributed by atoms with Crippen LogP contribution in [0.25, 0.3) is 0 Å². The zero-order valence-corrected chi connectivity index (χ0v) is 10.6. The summed E-state index contributed by atoms with van der Waals surface area (Å²) in [7, 11) is 0. The molecule has 2 N–H and O–H groups in total. The van der Waals surface area contributed by atoms with E-state index >= 15 is 0 Å². The lowest BCUT2D eigenvalue weighted by molar-refractivity contribution is 0.892.